The summed E-state index contributed by atoms with van der Waals surface area (Å²) in [5.74, 6) is 0. The van der Waals surface area contributed by atoms with E-state index in [1.807, 2.05) is 6.92 Å². The molecule has 0 fully saturated rings. The summed E-state index contributed by atoms with van der Waals surface area (Å²) in [6.07, 6.45) is 0. The molecule has 1 nitrogen and oxygen atoms in total. The van der Waals surface area contributed by atoms with Crippen molar-refractivity contribution in [2.75, 3.05) is 0 Å². The van der Waals surface area contributed by atoms with Crippen LogP contribution in [0.1, 0.15) is 24.1 Å². The Kier molecular flexibility index (Phi) is 4.38. The van der Waals surface area contributed by atoms with Gasteiger partial charge in [-0.05, 0) is 0 Å². The van der Waals surface area contributed by atoms with Crippen LogP contribution in [0, 0.1) is 0 Å². The molecule has 17 heavy (non-hydrogen) atoms. The van der Waals surface area contributed by atoms with E-state index in [0.717, 1.165) is 5.32 Å². The van der Waals surface area contributed by atoms with Crippen LogP contribution in [0.15, 0.2) is 54.6 Å². The maximum absolute atomic E-state index is 5.83. The zero-order valence-corrected chi connectivity index (χ0v) is 11.7. The number of benzene rings is 2. The maximum atomic E-state index is 5.83. The third-order valence-corrected chi connectivity index (χ3v) is 4.93. The van der Waals surface area contributed by atoms with E-state index in [1.165, 1.54) is 15.6 Å². The molecule has 2 heteroatoms. The average Bonchev–Trinajstić information content (AvgIpc) is 2.38. The molecule has 0 amide bonds. The molecule has 0 aliphatic carbocycles. The van der Waals surface area contributed by atoms with Crippen LogP contribution in [0.5, 0.6) is 0 Å². The summed E-state index contributed by atoms with van der Waals surface area (Å²) in [6, 6.07) is 19.5. The van der Waals surface area contributed by atoms with Gasteiger partial charge in [-0.2, -0.15) is 0 Å². The molecule has 0 radical (unpaired) electrons. The molecule has 2 rings (SSSR count). The molecule has 0 heterocycles. The van der Waals surface area contributed by atoms with E-state index in [-0.39, 0.29) is 6.04 Å². The van der Waals surface area contributed by atoms with Crippen molar-refractivity contribution in [3.63, 3.8) is 0 Å². The van der Waals surface area contributed by atoms with Crippen molar-refractivity contribution in [3.8, 4) is 0 Å². The van der Waals surface area contributed by atoms with E-state index in [2.05, 4.69) is 54.6 Å². The normalized spacial score (nSPS) is 12.4. The summed E-state index contributed by atoms with van der Waals surface area (Å²) in [5, 5.41) is 1.16. The fourth-order valence-electron chi connectivity index (χ4n) is 1.61. The Morgan fingerprint density at radius 2 is 1.65 bits per heavy atom. The Hall–Kier alpha value is -1.08. The predicted octanol–water partition coefficient (Wildman–Crippen LogP) is 2.24. The van der Waals surface area contributed by atoms with Gasteiger partial charge >= 0.3 is 109 Å². The molecule has 0 saturated heterocycles. The van der Waals surface area contributed by atoms with Gasteiger partial charge in [0.05, 0.1) is 0 Å². The van der Waals surface area contributed by atoms with Crippen molar-refractivity contribution in [2.45, 2.75) is 18.3 Å². The number of nitrogens with two attached hydrogens (primary N) is 1. The Morgan fingerprint density at radius 1 is 1.00 bits per heavy atom. The molecule has 0 aliphatic rings. The van der Waals surface area contributed by atoms with Gasteiger partial charge in [-0.3, -0.25) is 0 Å². The number of hydrogen-bond acceptors (Lipinski definition) is 1. The Balaban J connectivity index is 1.96. The van der Waals surface area contributed by atoms with Crippen molar-refractivity contribution >= 4 is 19.4 Å². The zero-order chi connectivity index (χ0) is 12.1. The van der Waals surface area contributed by atoms with Crippen molar-refractivity contribution < 1.29 is 0 Å². The van der Waals surface area contributed by atoms with E-state index in [9.17, 15) is 0 Å². The summed E-state index contributed by atoms with van der Waals surface area (Å²) < 4.78 is 1.44. The van der Waals surface area contributed by atoms with Gasteiger partial charge in [-0.1, -0.05) is 0 Å². The van der Waals surface area contributed by atoms with Crippen LogP contribution >= 0.6 is 0 Å². The molecule has 88 valence electrons. The van der Waals surface area contributed by atoms with Crippen molar-refractivity contribution in [3.05, 3.63) is 65.7 Å². The topological polar surface area (TPSA) is 26.0 Å². The van der Waals surface area contributed by atoms with E-state index in [1.54, 1.807) is 0 Å². The summed E-state index contributed by atoms with van der Waals surface area (Å²) in [7, 11) is 0. The van der Waals surface area contributed by atoms with Crippen LogP contribution in [0.2, 0.25) is 0 Å². The van der Waals surface area contributed by atoms with E-state index in [0.29, 0.717) is 15.0 Å². The van der Waals surface area contributed by atoms with Crippen LogP contribution in [0.3, 0.4) is 0 Å². The van der Waals surface area contributed by atoms with E-state index in [4.69, 9.17) is 5.73 Å². The van der Waals surface area contributed by atoms with Gasteiger partial charge in [-0.25, -0.2) is 0 Å². The molecule has 2 aromatic rings. The minimum atomic E-state index is 0.130. The second kappa shape index (κ2) is 6.02. The third kappa shape index (κ3) is 3.71. The summed E-state index contributed by atoms with van der Waals surface area (Å²) in [5.41, 5.74) is 8.47. The van der Waals surface area contributed by atoms with Gasteiger partial charge in [-0.15, -0.1) is 0 Å². The predicted molar refractivity (Wildman–Crippen MR) is 74.6 cm³/mol. The van der Waals surface area contributed by atoms with Crippen LogP contribution in [-0.4, -0.2) is 15.0 Å². The zero-order valence-electron chi connectivity index (χ0n) is 9.97. The average molecular weight is 290 g/mol. The van der Waals surface area contributed by atoms with E-state index >= 15 is 0 Å². The second-order valence-corrected chi connectivity index (χ2v) is 6.33. The first-order valence-electron chi connectivity index (χ1n) is 5.78. The Morgan fingerprint density at radius 3 is 2.24 bits per heavy atom. The van der Waals surface area contributed by atoms with Gasteiger partial charge < -0.3 is 0 Å². The van der Waals surface area contributed by atoms with Gasteiger partial charge in [0, 0.05) is 0 Å². The quantitative estimate of drug-likeness (QED) is 0.859. The minimum absolute atomic E-state index is 0.130. The fraction of sp³-hybridized carbons (Fsp3) is 0.200. The third-order valence-electron chi connectivity index (χ3n) is 2.65. The van der Waals surface area contributed by atoms with Crippen molar-refractivity contribution in [1.29, 1.82) is 0 Å². The number of rotatable bonds is 4. The molecule has 0 unspecified atom stereocenters. The molecule has 2 aromatic carbocycles. The van der Waals surface area contributed by atoms with Crippen LogP contribution in [0.25, 0.3) is 0 Å². The molecular formula is C15H17NSe. The fourth-order valence-corrected chi connectivity index (χ4v) is 3.40. The molecule has 0 aliphatic heterocycles. The molecular weight excluding hydrogens is 273 g/mol. The van der Waals surface area contributed by atoms with Gasteiger partial charge in [0.25, 0.3) is 0 Å². The first-order chi connectivity index (χ1) is 8.25. The number of hydrogen-bond donors (Lipinski definition) is 1. The van der Waals surface area contributed by atoms with Crippen LogP contribution in [-0.2, 0) is 5.32 Å². The summed E-state index contributed by atoms with van der Waals surface area (Å²) in [4.78, 5) is 0. The molecule has 0 saturated carbocycles. The summed E-state index contributed by atoms with van der Waals surface area (Å²) in [6.45, 7) is 2.02. The van der Waals surface area contributed by atoms with Crippen LogP contribution in [0.4, 0.5) is 0 Å². The SMILES string of the molecule is C[C@H](N)c1ccc([Se]Cc2ccccc2)cc1. The second-order valence-electron chi connectivity index (χ2n) is 4.13. The van der Waals surface area contributed by atoms with Gasteiger partial charge in [0.2, 0.25) is 0 Å². The van der Waals surface area contributed by atoms with Gasteiger partial charge in [0.1, 0.15) is 0 Å². The molecule has 2 N–H and O–H groups in total. The van der Waals surface area contributed by atoms with Gasteiger partial charge in [0.15, 0.2) is 0 Å². The summed E-state index contributed by atoms with van der Waals surface area (Å²) >= 11 is 0.512. The molecule has 1 atom stereocenters. The van der Waals surface area contributed by atoms with Crippen LogP contribution < -0.4 is 10.2 Å². The van der Waals surface area contributed by atoms with E-state index < -0.39 is 0 Å². The molecule has 0 bridgehead atoms. The Labute approximate surface area is 109 Å². The monoisotopic (exact) mass is 291 g/mol. The molecule has 0 spiro atoms. The first-order valence-corrected chi connectivity index (χ1v) is 7.85. The van der Waals surface area contributed by atoms with Crippen molar-refractivity contribution in [1.82, 2.24) is 0 Å². The Bertz CT molecular complexity index is 448. The van der Waals surface area contributed by atoms with Crippen molar-refractivity contribution in [2.24, 2.45) is 5.73 Å². The first kappa shape index (κ1) is 12.4. The molecule has 0 aromatic heterocycles. The standard InChI is InChI=1S/C15H17NSe/c1-12(16)14-7-9-15(10-8-14)17-11-13-5-3-2-4-6-13/h2-10,12H,11,16H2,1H3/t12-/m0/s1.